The molecule has 0 saturated carbocycles. The quantitative estimate of drug-likeness (QED) is 0.331. The van der Waals surface area contributed by atoms with Gasteiger partial charge in [-0.3, -0.25) is 14.6 Å². The van der Waals surface area contributed by atoms with Crippen LogP contribution in [0, 0.1) is 0 Å². The molecule has 0 bridgehead atoms. The van der Waals surface area contributed by atoms with Crippen molar-refractivity contribution in [2.24, 2.45) is 0 Å². The summed E-state index contributed by atoms with van der Waals surface area (Å²) < 4.78 is 10.4. The van der Waals surface area contributed by atoms with Crippen molar-refractivity contribution in [3.05, 3.63) is 94.3 Å². The summed E-state index contributed by atoms with van der Waals surface area (Å²) in [5.41, 5.74) is 1.54. The van der Waals surface area contributed by atoms with Gasteiger partial charge in [0.1, 0.15) is 17.3 Å². The van der Waals surface area contributed by atoms with E-state index in [0.717, 1.165) is 0 Å². The van der Waals surface area contributed by atoms with E-state index in [4.69, 9.17) is 21.1 Å². The molecular formula is C25H21ClN2O5. The smallest absolute Gasteiger partial charge is 0.296 e. The number of amides is 1. The second kappa shape index (κ2) is 9.34. The second-order valence-corrected chi connectivity index (χ2v) is 7.78. The number of aliphatic hydroxyl groups excluding tert-OH is 1. The number of hydrogen-bond donors (Lipinski definition) is 1. The molecule has 1 saturated heterocycles. The van der Waals surface area contributed by atoms with Crippen molar-refractivity contribution in [1.29, 1.82) is 0 Å². The third kappa shape index (κ3) is 4.27. The SMILES string of the molecule is COc1ccc(C2/C(=C(/O)c3ccc(OC)c(Cl)c3)C(=O)C(=O)N2Cc2ccccn2)cc1. The summed E-state index contributed by atoms with van der Waals surface area (Å²) in [5.74, 6) is -0.765. The first kappa shape index (κ1) is 22.4. The molecule has 1 atom stereocenters. The van der Waals surface area contributed by atoms with Crippen molar-refractivity contribution in [2.75, 3.05) is 14.2 Å². The monoisotopic (exact) mass is 464 g/mol. The third-order valence-electron chi connectivity index (χ3n) is 5.46. The van der Waals surface area contributed by atoms with Crippen LogP contribution in [0.25, 0.3) is 5.76 Å². The number of ketones is 1. The lowest BCUT2D eigenvalue weighted by molar-refractivity contribution is -0.140. The molecule has 3 aromatic rings. The zero-order valence-electron chi connectivity index (χ0n) is 18.0. The molecule has 4 rings (SSSR count). The van der Waals surface area contributed by atoms with E-state index in [-0.39, 0.29) is 22.9 Å². The highest BCUT2D eigenvalue weighted by molar-refractivity contribution is 6.46. The van der Waals surface area contributed by atoms with Crippen molar-refractivity contribution in [1.82, 2.24) is 9.88 Å². The highest BCUT2D eigenvalue weighted by atomic mass is 35.5. The maximum absolute atomic E-state index is 13.1. The topological polar surface area (TPSA) is 89.0 Å². The Morgan fingerprint density at radius 2 is 1.82 bits per heavy atom. The Bertz CT molecular complexity index is 1230. The van der Waals surface area contributed by atoms with Crippen molar-refractivity contribution in [3.8, 4) is 11.5 Å². The first-order valence-electron chi connectivity index (χ1n) is 10.1. The zero-order chi connectivity index (χ0) is 23.5. The highest BCUT2D eigenvalue weighted by Gasteiger charge is 2.46. The fraction of sp³-hybridized carbons (Fsp3) is 0.160. The maximum Gasteiger partial charge on any atom is 0.296 e. The lowest BCUT2D eigenvalue weighted by atomic mass is 9.95. The van der Waals surface area contributed by atoms with Crippen LogP contribution >= 0.6 is 11.6 Å². The van der Waals surface area contributed by atoms with Gasteiger partial charge in [-0.05, 0) is 48.0 Å². The Balaban J connectivity index is 1.85. The molecular weight excluding hydrogens is 444 g/mol. The number of pyridine rings is 1. The minimum atomic E-state index is -0.821. The lowest BCUT2D eigenvalue weighted by Gasteiger charge is -2.25. The predicted molar refractivity (Wildman–Crippen MR) is 123 cm³/mol. The summed E-state index contributed by atoms with van der Waals surface area (Å²) in [6.45, 7) is 0.0995. The van der Waals surface area contributed by atoms with Crippen molar-refractivity contribution >= 4 is 29.1 Å². The number of Topliss-reactive ketones (excluding diaryl/α,β-unsaturated/α-hetero) is 1. The maximum atomic E-state index is 13.1. The van der Waals surface area contributed by atoms with Gasteiger partial charge in [0.2, 0.25) is 0 Å². The van der Waals surface area contributed by atoms with Crippen LogP contribution in [0.4, 0.5) is 0 Å². The molecule has 1 amide bonds. The van der Waals surface area contributed by atoms with Gasteiger partial charge in [0.25, 0.3) is 11.7 Å². The van der Waals surface area contributed by atoms with Gasteiger partial charge in [-0.2, -0.15) is 0 Å². The number of halogens is 1. The van der Waals surface area contributed by atoms with Crippen LogP contribution in [0.2, 0.25) is 5.02 Å². The number of benzene rings is 2. The average molecular weight is 465 g/mol. The molecule has 1 aliphatic rings. The molecule has 2 heterocycles. The van der Waals surface area contributed by atoms with Crippen LogP contribution in [0.15, 0.2) is 72.4 Å². The Morgan fingerprint density at radius 1 is 1.06 bits per heavy atom. The van der Waals surface area contributed by atoms with E-state index in [9.17, 15) is 14.7 Å². The van der Waals surface area contributed by atoms with Crippen molar-refractivity contribution < 1.29 is 24.2 Å². The molecule has 2 aromatic carbocycles. The van der Waals surface area contributed by atoms with E-state index in [1.54, 1.807) is 67.9 Å². The molecule has 1 unspecified atom stereocenters. The zero-order valence-corrected chi connectivity index (χ0v) is 18.7. The normalized spacial score (nSPS) is 17.3. The first-order chi connectivity index (χ1) is 15.9. The highest BCUT2D eigenvalue weighted by Crippen LogP contribution is 2.41. The summed E-state index contributed by atoms with van der Waals surface area (Å²) in [6.07, 6.45) is 1.62. The number of aromatic nitrogens is 1. The minimum Gasteiger partial charge on any atom is -0.507 e. The van der Waals surface area contributed by atoms with E-state index in [0.29, 0.717) is 28.3 Å². The standard InChI is InChI=1S/C25H21ClN2O5/c1-32-18-9-6-15(7-10-18)22-21(23(29)16-8-11-20(33-2)19(26)13-16)24(30)25(31)28(22)14-17-5-3-4-12-27-17/h3-13,22,29H,14H2,1-2H3/b23-21-. The number of carbonyl (C=O) groups is 2. The summed E-state index contributed by atoms with van der Waals surface area (Å²) in [6, 6.07) is 16.2. The number of nitrogens with zero attached hydrogens (tertiary/aromatic N) is 2. The van der Waals surface area contributed by atoms with E-state index in [1.165, 1.54) is 18.1 Å². The second-order valence-electron chi connectivity index (χ2n) is 7.37. The van der Waals surface area contributed by atoms with Gasteiger partial charge < -0.3 is 19.5 Å². The Kier molecular flexibility index (Phi) is 6.33. The Morgan fingerprint density at radius 3 is 2.42 bits per heavy atom. The van der Waals surface area contributed by atoms with Crippen LogP contribution in [-0.2, 0) is 16.1 Å². The molecule has 168 valence electrons. The minimum absolute atomic E-state index is 0.0256. The molecule has 1 fully saturated rings. The molecule has 0 spiro atoms. The van der Waals surface area contributed by atoms with Gasteiger partial charge in [0, 0.05) is 11.8 Å². The van der Waals surface area contributed by atoms with Gasteiger partial charge in [-0.25, -0.2) is 0 Å². The number of carbonyl (C=O) groups excluding carboxylic acids is 2. The fourth-order valence-corrected chi connectivity index (χ4v) is 4.07. The van der Waals surface area contributed by atoms with E-state index in [2.05, 4.69) is 4.98 Å². The summed E-state index contributed by atoms with van der Waals surface area (Å²) >= 11 is 6.22. The van der Waals surface area contributed by atoms with Gasteiger partial charge in [-0.1, -0.05) is 29.8 Å². The number of aliphatic hydroxyl groups is 1. The van der Waals surface area contributed by atoms with Gasteiger partial charge >= 0.3 is 0 Å². The molecule has 1 N–H and O–H groups in total. The molecule has 33 heavy (non-hydrogen) atoms. The molecule has 7 nitrogen and oxygen atoms in total. The Labute approximate surface area is 195 Å². The van der Waals surface area contributed by atoms with E-state index >= 15 is 0 Å². The number of methoxy groups -OCH3 is 2. The van der Waals surface area contributed by atoms with Crippen LogP contribution in [-0.4, -0.2) is 40.9 Å². The van der Waals surface area contributed by atoms with Crippen LogP contribution in [0.1, 0.15) is 22.9 Å². The number of rotatable bonds is 6. The molecule has 0 radical (unpaired) electrons. The fourth-order valence-electron chi connectivity index (χ4n) is 3.81. The molecule has 1 aliphatic heterocycles. The first-order valence-corrected chi connectivity index (χ1v) is 10.5. The predicted octanol–water partition coefficient (Wildman–Crippen LogP) is 4.37. The van der Waals surface area contributed by atoms with Crippen molar-refractivity contribution in [2.45, 2.75) is 12.6 Å². The molecule has 0 aliphatic carbocycles. The van der Waals surface area contributed by atoms with Gasteiger partial charge in [-0.15, -0.1) is 0 Å². The summed E-state index contributed by atoms with van der Waals surface area (Å²) in [5, 5.41) is 11.4. The summed E-state index contributed by atoms with van der Waals surface area (Å²) in [7, 11) is 3.03. The molecule has 1 aromatic heterocycles. The van der Waals surface area contributed by atoms with Crippen LogP contribution in [0.3, 0.4) is 0 Å². The number of hydrogen-bond acceptors (Lipinski definition) is 6. The van der Waals surface area contributed by atoms with Crippen LogP contribution in [0.5, 0.6) is 11.5 Å². The van der Waals surface area contributed by atoms with E-state index < -0.39 is 17.7 Å². The third-order valence-corrected chi connectivity index (χ3v) is 5.75. The van der Waals surface area contributed by atoms with Crippen LogP contribution < -0.4 is 9.47 Å². The largest absolute Gasteiger partial charge is 0.507 e. The average Bonchev–Trinajstić information content (AvgIpc) is 3.09. The lowest BCUT2D eigenvalue weighted by Crippen LogP contribution is -2.29. The van der Waals surface area contributed by atoms with E-state index in [1.807, 2.05) is 0 Å². The van der Waals surface area contributed by atoms with Gasteiger partial charge in [0.15, 0.2) is 0 Å². The van der Waals surface area contributed by atoms with Gasteiger partial charge in [0.05, 0.1) is 43.1 Å². The number of likely N-dealkylation sites (tertiary alicyclic amines) is 1. The molecule has 8 heteroatoms. The summed E-state index contributed by atoms with van der Waals surface area (Å²) in [4.78, 5) is 31.9. The van der Waals surface area contributed by atoms with Crippen molar-refractivity contribution in [3.63, 3.8) is 0 Å². The number of ether oxygens (including phenoxy) is 2. The Hall–Kier alpha value is -3.84.